The molecule has 0 atom stereocenters. The molecule has 0 aliphatic rings. The molecule has 3 nitrogen and oxygen atoms in total. The van der Waals surface area contributed by atoms with Crippen molar-refractivity contribution >= 4 is 25.9 Å². The number of rotatable bonds is 4. The Morgan fingerprint density at radius 1 is 0.708 bits per heavy atom. The quantitative estimate of drug-likeness (QED) is 0.293. The summed E-state index contributed by atoms with van der Waals surface area (Å²) in [6.45, 7) is 21.0. The topological polar surface area (TPSA) is 32.5 Å². The fraction of sp³-hybridized carbons (Fsp3) is 1.00. The van der Waals surface area contributed by atoms with Gasteiger partial charge in [-0.15, -0.1) is 0 Å². The zero-order valence-corrected chi connectivity index (χ0v) is 20.6. The average molecular weight is 402 g/mol. The highest BCUT2D eigenvalue weighted by Crippen LogP contribution is 2.54. The van der Waals surface area contributed by atoms with Crippen LogP contribution in [0.2, 0.25) is 29.7 Å². The minimum absolute atomic E-state index is 0.448. The van der Waals surface area contributed by atoms with Gasteiger partial charge in [0.2, 0.25) is 0 Å². The second-order valence-corrected chi connectivity index (χ2v) is 23.0. The maximum Gasteiger partial charge on any atom is 0.602 e. The van der Waals surface area contributed by atoms with Crippen molar-refractivity contribution in [3.05, 3.63) is 0 Å². The second-order valence-electron chi connectivity index (χ2n) is 10.7. The van der Waals surface area contributed by atoms with Crippen molar-refractivity contribution in [3.8, 4) is 0 Å². The average Bonchev–Trinajstić information content (AvgIpc) is 2.18. The molecule has 0 aromatic heterocycles. The molecule has 24 heavy (non-hydrogen) atoms. The first-order valence-corrected chi connectivity index (χ1v) is 15.4. The van der Waals surface area contributed by atoms with Gasteiger partial charge < -0.3 is 0 Å². The number of halogens is 3. The van der Waals surface area contributed by atoms with E-state index in [9.17, 15) is 0 Å². The molecule has 0 aliphatic carbocycles. The summed E-state index contributed by atoms with van der Waals surface area (Å²) in [7, 11) is -12.0. The van der Waals surface area contributed by atoms with Crippen molar-refractivity contribution in [2.24, 2.45) is 5.84 Å². The van der Waals surface area contributed by atoms with Gasteiger partial charge in [0, 0.05) is 15.6 Å². The van der Waals surface area contributed by atoms with Crippen LogP contribution in [0.15, 0.2) is 0 Å². The first-order chi connectivity index (χ1) is 10.0. The predicted octanol–water partition coefficient (Wildman–Crippen LogP) is 5.48. The molecule has 0 aromatic carbocycles. The zero-order valence-electron chi connectivity index (χ0n) is 17.6. The third kappa shape index (κ3) is 4.35. The second kappa shape index (κ2) is 6.49. The highest BCUT2D eigenvalue weighted by Gasteiger charge is 2.70. The third-order valence-electron chi connectivity index (χ3n) is 4.22. The summed E-state index contributed by atoms with van der Waals surface area (Å²) in [6.07, 6.45) is 0. The van der Waals surface area contributed by atoms with Gasteiger partial charge in [-0.2, -0.15) is 4.34 Å². The molecule has 0 bridgehead atoms. The van der Waals surface area contributed by atoms with E-state index >= 15 is 12.3 Å². The molecule has 0 spiro atoms. The van der Waals surface area contributed by atoms with Crippen molar-refractivity contribution < 1.29 is 12.3 Å². The molecule has 0 saturated heterocycles. The summed E-state index contributed by atoms with van der Waals surface area (Å²) in [5, 5.41) is -1.86. The van der Waals surface area contributed by atoms with Gasteiger partial charge in [-0.25, -0.2) is 8.22 Å². The lowest BCUT2D eigenvalue weighted by Gasteiger charge is -2.55. The fourth-order valence-corrected chi connectivity index (χ4v) is 18.3. The molecule has 0 unspecified atom stereocenters. The van der Waals surface area contributed by atoms with Gasteiger partial charge in [0.25, 0.3) is 0 Å². The molecule has 0 radical (unpaired) electrons. The van der Waals surface area contributed by atoms with Gasteiger partial charge in [0.05, 0.1) is 0 Å². The van der Waals surface area contributed by atoms with Crippen LogP contribution in [-0.2, 0) is 0 Å². The van der Waals surface area contributed by atoms with Crippen LogP contribution < -0.4 is 5.84 Å². The number of hydrogen-bond acceptors (Lipinski definition) is 3. The van der Waals surface area contributed by atoms with Crippen molar-refractivity contribution in [2.75, 3.05) is 0 Å². The van der Waals surface area contributed by atoms with Crippen molar-refractivity contribution in [1.82, 2.24) is 8.57 Å². The fourth-order valence-electron chi connectivity index (χ4n) is 3.95. The minimum Gasteiger partial charge on any atom is -0.291 e. The van der Waals surface area contributed by atoms with Gasteiger partial charge in [0.1, 0.15) is 8.24 Å². The van der Waals surface area contributed by atoms with Gasteiger partial charge in [-0.3, -0.25) is 14.2 Å². The Balaban J connectivity index is 6.45. The van der Waals surface area contributed by atoms with E-state index in [0.29, 0.717) is 4.34 Å². The van der Waals surface area contributed by atoms with E-state index in [0.717, 1.165) is 0 Å². The first-order valence-electron chi connectivity index (χ1n) is 8.44. The summed E-state index contributed by atoms with van der Waals surface area (Å²) < 4.78 is 49.5. The molecule has 0 heterocycles. The van der Waals surface area contributed by atoms with E-state index in [1.165, 1.54) is 4.23 Å². The van der Waals surface area contributed by atoms with E-state index in [4.69, 9.17) is 5.84 Å². The maximum absolute atomic E-state index is 16.3. The van der Waals surface area contributed by atoms with E-state index < -0.39 is 41.5 Å². The molecule has 9 heteroatoms. The van der Waals surface area contributed by atoms with E-state index in [-0.39, 0.29) is 0 Å². The number of nitrogens with two attached hydrogens (primary N) is 1. The van der Waals surface area contributed by atoms with Crippen LogP contribution in [-0.4, -0.2) is 40.0 Å². The summed E-state index contributed by atoms with van der Waals surface area (Å²) in [6, 6.07) is 0. The molecule has 0 saturated carbocycles. The summed E-state index contributed by atoms with van der Waals surface area (Å²) in [5.41, 5.74) is -0.775. The first kappa shape index (κ1) is 24.3. The Morgan fingerprint density at radius 3 is 1.17 bits per heavy atom. The van der Waals surface area contributed by atoms with Crippen molar-refractivity contribution in [3.63, 3.8) is 0 Å². The molecular formula is C15H38F3N3Si3. The van der Waals surface area contributed by atoms with E-state index in [1.54, 1.807) is 62.3 Å². The van der Waals surface area contributed by atoms with Crippen LogP contribution >= 0.6 is 0 Å². The van der Waals surface area contributed by atoms with Crippen LogP contribution in [0.1, 0.15) is 62.3 Å². The molecule has 0 rings (SSSR count). The van der Waals surface area contributed by atoms with E-state index in [1.807, 2.05) is 19.6 Å². The summed E-state index contributed by atoms with van der Waals surface area (Å²) in [4.78, 5) is 0. The predicted molar refractivity (Wildman–Crippen MR) is 105 cm³/mol. The molecule has 0 aromatic rings. The monoisotopic (exact) mass is 401 g/mol. The largest absolute Gasteiger partial charge is 0.602 e. The SMILES string of the molecule is CC(C)(C)N([Si](C)(C)C)[Si](F)(F)N(N)[Si](F)(C(C)(C)C)C(C)(C)C. The van der Waals surface area contributed by atoms with Crippen LogP contribution in [0, 0.1) is 0 Å². The Hall–Kier alpha value is 0.321. The van der Waals surface area contributed by atoms with Crippen molar-refractivity contribution in [1.29, 1.82) is 0 Å². The third-order valence-corrected chi connectivity index (χ3v) is 17.2. The van der Waals surface area contributed by atoms with Crippen LogP contribution in [0.4, 0.5) is 12.3 Å². The lowest BCUT2D eigenvalue weighted by atomic mass is 10.1. The molecule has 2 N–H and O–H groups in total. The maximum atomic E-state index is 16.3. The van der Waals surface area contributed by atoms with Gasteiger partial charge in [0.15, 0.2) is 0 Å². The van der Waals surface area contributed by atoms with Gasteiger partial charge in [-0.05, 0) is 20.8 Å². The minimum atomic E-state index is -5.37. The molecule has 0 aliphatic heterocycles. The number of hydrogen-bond donors (Lipinski definition) is 1. The summed E-state index contributed by atoms with van der Waals surface area (Å²) in [5.74, 6) is 6.01. The van der Waals surface area contributed by atoms with Crippen molar-refractivity contribution in [2.45, 2.75) is 97.6 Å². The zero-order chi connectivity index (χ0) is 20.2. The van der Waals surface area contributed by atoms with Crippen LogP contribution in [0.3, 0.4) is 0 Å². The Morgan fingerprint density at radius 2 is 1.00 bits per heavy atom. The highest BCUT2D eigenvalue weighted by atomic mass is 28.5. The lowest BCUT2D eigenvalue weighted by Crippen LogP contribution is -2.81. The van der Waals surface area contributed by atoms with Crippen LogP contribution in [0.25, 0.3) is 0 Å². The van der Waals surface area contributed by atoms with Gasteiger partial charge >= 0.3 is 17.6 Å². The molecular weight excluding hydrogens is 363 g/mol. The normalized spacial score (nSPS) is 16.2. The summed E-state index contributed by atoms with van der Waals surface area (Å²) >= 11 is 0. The highest BCUT2D eigenvalue weighted by molar-refractivity contribution is 6.91. The smallest absolute Gasteiger partial charge is 0.291 e. The number of nitrogens with zero attached hydrogens (tertiary/aromatic N) is 2. The molecule has 0 fully saturated rings. The number of hydrazine groups is 1. The van der Waals surface area contributed by atoms with Crippen LogP contribution in [0.5, 0.6) is 0 Å². The molecule has 0 amide bonds. The van der Waals surface area contributed by atoms with E-state index in [2.05, 4.69) is 0 Å². The Bertz CT molecular complexity index is 418. The Labute approximate surface area is 150 Å². The molecule has 146 valence electrons. The standard InChI is InChI=1S/C15H38F3N3Si3/c1-13(2,3)20(22(10,11)12)24(17,18)21(19)23(16,14(4,5)6)15(7,8)9/h19H2,1-12H3. The lowest BCUT2D eigenvalue weighted by molar-refractivity contribution is 0.233. The Kier molecular flexibility index (Phi) is 6.57. The van der Waals surface area contributed by atoms with Gasteiger partial charge in [-0.1, -0.05) is 61.2 Å².